The molecule has 0 rings (SSSR count). The smallest absolute Gasteiger partial charge is 0.402 e. The molecule has 0 aromatic heterocycles. The van der Waals surface area contributed by atoms with Gasteiger partial charge in [0.2, 0.25) is 0 Å². The molecule has 0 saturated carbocycles. The minimum Gasteiger partial charge on any atom is -0.469 e. The van der Waals surface area contributed by atoms with Gasteiger partial charge in [-0.15, -0.1) is 0 Å². The van der Waals surface area contributed by atoms with Crippen molar-refractivity contribution in [3.63, 3.8) is 0 Å². The molecule has 0 aliphatic heterocycles. The second-order valence-corrected chi connectivity index (χ2v) is 4.40. The lowest BCUT2D eigenvalue weighted by molar-refractivity contribution is -0.153. The first-order valence-electron chi connectivity index (χ1n) is 4.17. The SMILES string of the molecule is COC(=O)CCC(=O)OCC(F)(F)S(=O)(=O)O. The van der Waals surface area contributed by atoms with Crippen LogP contribution in [-0.4, -0.2) is 43.9 Å². The van der Waals surface area contributed by atoms with Crippen LogP contribution in [0.25, 0.3) is 0 Å². The molecular weight excluding hydrogens is 266 g/mol. The van der Waals surface area contributed by atoms with E-state index in [1.54, 1.807) is 0 Å². The van der Waals surface area contributed by atoms with Crippen LogP contribution in [-0.2, 0) is 29.2 Å². The van der Waals surface area contributed by atoms with Gasteiger partial charge in [-0.3, -0.25) is 14.1 Å². The fourth-order valence-corrected chi connectivity index (χ4v) is 0.825. The summed E-state index contributed by atoms with van der Waals surface area (Å²) < 4.78 is 61.5. The predicted octanol–water partition coefficient (Wildman–Crippen LogP) is -0.0366. The molecule has 0 aliphatic rings. The Hall–Kier alpha value is -1.29. The molecule has 0 heterocycles. The molecule has 7 nitrogen and oxygen atoms in total. The van der Waals surface area contributed by atoms with Gasteiger partial charge in [0.1, 0.15) is 0 Å². The summed E-state index contributed by atoms with van der Waals surface area (Å²) in [5.41, 5.74) is 0. The van der Waals surface area contributed by atoms with E-state index in [-0.39, 0.29) is 6.42 Å². The quantitative estimate of drug-likeness (QED) is 0.536. The lowest BCUT2D eigenvalue weighted by Gasteiger charge is -2.12. The molecule has 10 heteroatoms. The van der Waals surface area contributed by atoms with Crippen LogP contribution >= 0.6 is 0 Å². The van der Waals surface area contributed by atoms with Crippen LogP contribution in [0.2, 0.25) is 0 Å². The zero-order valence-electron chi connectivity index (χ0n) is 8.68. The van der Waals surface area contributed by atoms with Crippen molar-refractivity contribution in [2.45, 2.75) is 18.1 Å². The molecule has 0 amide bonds. The van der Waals surface area contributed by atoms with E-state index in [0.29, 0.717) is 0 Å². The largest absolute Gasteiger partial charge is 0.469 e. The van der Waals surface area contributed by atoms with E-state index in [1.165, 1.54) is 0 Å². The van der Waals surface area contributed by atoms with Gasteiger partial charge < -0.3 is 9.47 Å². The van der Waals surface area contributed by atoms with Gasteiger partial charge >= 0.3 is 27.3 Å². The Morgan fingerprint density at radius 1 is 1.24 bits per heavy atom. The minimum atomic E-state index is -5.64. The van der Waals surface area contributed by atoms with Gasteiger partial charge in [0.25, 0.3) is 0 Å². The van der Waals surface area contributed by atoms with Gasteiger partial charge in [0, 0.05) is 0 Å². The molecular formula is C7H10F2O7S. The third-order valence-electron chi connectivity index (χ3n) is 1.54. The highest BCUT2D eigenvalue weighted by Crippen LogP contribution is 2.20. The molecule has 0 aliphatic carbocycles. The highest BCUT2D eigenvalue weighted by molar-refractivity contribution is 7.86. The summed E-state index contributed by atoms with van der Waals surface area (Å²) in [5.74, 6) is -1.96. The zero-order chi connectivity index (χ0) is 13.7. The van der Waals surface area contributed by atoms with Gasteiger partial charge in [-0.1, -0.05) is 0 Å². The van der Waals surface area contributed by atoms with E-state index >= 15 is 0 Å². The number of carbonyl (C=O) groups is 2. The predicted molar refractivity (Wildman–Crippen MR) is 48.7 cm³/mol. The first-order valence-corrected chi connectivity index (χ1v) is 5.61. The number of alkyl halides is 2. The second-order valence-electron chi connectivity index (χ2n) is 2.85. The third-order valence-corrected chi connectivity index (χ3v) is 2.41. The van der Waals surface area contributed by atoms with Crippen molar-refractivity contribution in [1.29, 1.82) is 0 Å². The summed E-state index contributed by atoms with van der Waals surface area (Å²) in [6.07, 6.45) is -0.916. The van der Waals surface area contributed by atoms with Gasteiger partial charge in [0.05, 0.1) is 20.0 Å². The highest BCUT2D eigenvalue weighted by Gasteiger charge is 2.45. The number of esters is 2. The van der Waals surface area contributed by atoms with E-state index in [0.717, 1.165) is 7.11 Å². The summed E-state index contributed by atoms with van der Waals surface area (Å²) in [7, 11) is -4.57. The normalized spacial score (nSPS) is 12.0. The molecule has 0 unspecified atom stereocenters. The standard InChI is InChI=1S/C7H10F2O7S/c1-15-5(10)2-3-6(11)16-4-7(8,9)17(12,13)14/h2-4H2,1H3,(H,12,13,14). The number of ether oxygens (including phenoxy) is 2. The molecule has 1 N–H and O–H groups in total. The van der Waals surface area contributed by atoms with E-state index < -0.39 is 40.3 Å². The van der Waals surface area contributed by atoms with Gasteiger partial charge in [-0.05, 0) is 0 Å². The lowest BCUT2D eigenvalue weighted by Crippen LogP contribution is -2.34. The number of hydrogen-bond donors (Lipinski definition) is 1. The van der Waals surface area contributed by atoms with E-state index in [4.69, 9.17) is 4.55 Å². The summed E-state index contributed by atoms with van der Waals surface area (Å²) in [5, 5.41) is -4.58. The van der Waals surface area contributed by atoms with Crippen molar-refractivity contribution in [2.24, 2.45) is 0 Å². The molecule has 17 heavy (non-hydrogen) atoms. The summed E-state index contributed by atoms with van der Waals surface area (Å²) >= 11 is 0. The van der Waals surface area contributed by atoms with Gasteiger partial charge in [0.15, 0.2) is 6.61 Å². The first-order chi connectivity index (χ1) is 7.60. The highest BCUT2D eigenvalue weighted by atomic mass is 32.2. The molecule has 0 bridgehead atoms. The fourth-order valence-electron chi connectivity index (χ4n) is 0.617. The summed E-state index contributed by atoms with van der Waals surface area (Å²) in [6, 6.07) is 0. The Morgan fingerprint density at radius 3 is 2.12 bits per heavy atom. The Labute approximate surface area is 95.4 Å². The van der Waals surface area contributed by atoms with E-state index in [9.17, 15) is 26.8 Å². The maximum absolute atomic E-state index is 12.5. The number of rotatable bonds is 6. The van der Waals surface area contributed by atoms with Crippen LogP contribution in [0.3, 0.4) is 0 Å². The van der Waals surface area contributed by atoms with E-state index in [1.807, 2.05) is 0 Å². The maximum atomic E-state index is 12.5. The maximum Gasteiger partial charge on any atom is 0.402 e. The van der Waals surface area contributed by atoms with Gasteiger partial charge in [-0.25, -0.2) is 0 Å². The van der Waals surface area contributed by atoms with Crippen LogP contribution in [0.5, 0.6) is 0 Å². The van der Waals surface area contributed by atoms with Crippen molar-refractivity contribution >= 4 is 22.1 Å². The third kappa shape index (κ3) is 5.54. The average molecular weight is 276 g/mol. The van der Waals surface area contributed by atoms with Crippen LogP contribution < -0.4 is 0 Å². The monoisotopic (exact) mass is 276 g/mol. The fraction of sp³-hybridized carbons (Fsp3) is 0.714. The van der Waals surface area contributed by atoms with Crippen molar-refractivity contribution in [2.75, 3.05) is 13.7 Å². The second kappa shape index (κ2) is 5.87. The molecule has 0 atom stereocenters. The van der Waals surface area contributed by atoms with Crippen molar-refractivity contribution < 1.29 is 40.8 Å². The Bertz CT molecular complexity index is 389. The number of hydrogen-bond acceptors (Lipinski definition) is 6. The van der Waals surface area contributed by atoms with Crippen molar-refractivity contribution in [1.82, 2.24) is 0 Å². The average Bonchev–Trinajstić information content (AvgIpc) is 2.21. The lowest BCUT2D eigenvalue weighted by atomic mass is 10.3. The Kier molecular flexibility index (Phi) is 5.42. The molecule has 0 radical (unpaired) electrons. The molecule has 0 fully saturated rings. The first kappa shape index (κ1) is 15.7. The van der Waals surface area contributed by atoms with E-state index in [2.05, 4.69) is 9.47 Å². The molecule has 0 spiro atoms. The minimum absolute atomic E-state index is 0.382. The van der Waals surface area contributed by atoms with Gasteiger partial charge in [-0.2, -0.15) is 17.2 Å². The Morgan fingerprint density at radius 2 is 1.71 bits per heavy atom. The van der Waals surface area contributed by atoms with Crippen molar-refractivity contribution in [3.8, 4) is 0 Å². The summed E-state index contributed by atoms with van der Waals surface area (Å²) in [4.78, 5) is 21.4. The summed E-state index contributed by atoms with van der Waals surface area (Å²) in [6.45, 7) is -1.81. The molecule has 0 aromatic carbocycles. The zero-order valence-corrected chi connectivity index (χ0v) is 9.50. The van der Waals surface area contributed by atoms with Crippen LogP contribution in [0.4, 0.5) is 8.78 Å². The number of carbonyl (C=O) groups excluding carboxylic acids is 2. The van der Waals surface area contributed by atoms with Crippen molar-refractivity contribution in [3.05, 3.63) is 0 Å². The Balaban J connectivity index is 4.13. The van der Waals surface area contributed by atoms with Crippen LogP contribution in [0, 0.1) is 0 Å². The molecule has 0 aromatic rings. The van der Waals surface area contributed by atoms with Crippen LogP contribution in [0.15, 0.2) is 0 Å². The molecule has 100 valence electrons. The number of halogens is 2. The van der Waals surface area contributed by atoms with Crippen LogP contribution in [0.1, 0.15) is 12.8 Å². The molecule has 0 saturated heterocycles. The topological polar surface area (TPSA) is 107 Å². The number of methoxy groups -OCH3 is 1.